The molecular formula is C21H20ClF3N4O2S. The van der Waals surface area contributed by atoms with Gasteiger partial charge in [-0.05, 0) is 50.2 Å². The number of hydrogen-bond acceptors (Lipinski definition) is 5. The summed E-state index contributed by atoms with van der Waals surface area (Å²) in [5.41, 5.74) is -0.751. The summed E-state index contributed by atoms with van der Waals surface area (Å²) in [6, 6.07) is 11.5. The van der Waals surface area contributed by atoms with Crippen LogP contribution in [0.25, 0.3) is 0 Å². The van der Waals surface area contributed by atoms with Gasteiger partial charge in [0.1, 0.15) is 5.75 Å². The van der Waals surface area contributed by atoms with Gasteiger partial charge in [0.2, 0.25) is 5.91 Å². The fourth-order valence-corrected chi connectivity index (χ4v) is 3.89. The summed E-state index contributed by atoms with van der Waals surface area (Å²) < 4.78 is 46.2. The first-order valence-electron chi connectivity index (χ1n) is 9.62. The van der Waals surface area contributed by atoms with Crippen LogP contribution >= 0.6 is 23.4 Å². The van der Waals surface area contributed by atoms with Crippen LogP contribution in [0.4, 0.5) is 18.9 Å². The molecule has 0 aliphatic heterocycles. The Kier molecular flexibility index (Phi) is 7.68. The molecule has 3 aromatic rings. The molecule has 0 radical (unpaired) electrons. The predicted molar refractivity (Wildman–Crippen MR) is 117 cm³/mol. The Labute approximate surface area is 192 Å². The molecule has 0 bridgehead atoms. The van der Waals surface area contributed by atoms with Crippen LogP contribution in [0.15, 0.2) is 53.7 Å². The molecule has 0 saturated heterocycles. The number of hydrogen-bond donors (Lipinski definition) is 1. The number of ether oxygens (including phenoxy) is 1. The van der Waals surface area contributed by atoms with Crippen molar-refractivity contribution in [2.75, 3.05) is 11.1 Å². The van der Waals surface area contributed by atoms with E-state index in [0.29, 0.717) is 28.3 Å². The average Bonchev–Trinajstić information content (AvgIpc) is 3.15. The summed E-state index contributed by atoms with van der Waals surface area (Å²) in [6.07, 6.45) is -4.90. The van der Waals surface area contributed by atoms with E-state index >= 15 is 0 Å². The molecule has 0 aliphatic rings. The van der Waals surface area contributed by atoms with Crippen LogP contribution in [-0.4, -0.2) is 26.4 Å². The first kappa shape index (κ1) is 23.9. The molecule has 1 aromatic heterocycles. The van der Waals surface area contributed by atoms with Gasteiger partial charge in [0, 0.05) is 17.3 Å². The lowest BCUT2D eigenvalue weighted by atomic mass is 10.2. The summed E-state index contributed by atoms with van der Waals surface area (Å²) in [5, 5.41) is 11.8. The Hall–Kier alpha value is -2.72. The highest BCUT2D eigenvalue weighted by atomic mass is 35.5. The van der Waals surface area contributed by atoms with Crippen molar-refractivity contribution in [3.05, 3.63) is 64.9 Å². The molecule has 0 aliphatic carbocycles. The zero-order valence-electron chi connectivity index (χ0n) is 17.2. The lowest BCUT2D eigenvalue weighted by Crippen LogP contribution is -2.16. The maximum absolute atomic E-state index is 12.8. The first-order chi connectivity index (χ1) is 15.2. The van der Waals surface area contributed by atoms with E-state index in [0.717, 1.165) is 23.9 Å². The number of thioether (sulfide) groups is 1. The van der Waals surface area contributed by atoms with Crippen molar-refractivity contribution in [2.45, 2.75) is 37.8 Å². The van der Waals surface area contributed by atoms with E-state index in [-0.39, 0.29) is 11.4 Å². The highest BCUT2D eigenvalue weighted by Gasteiger charge is 2.30. The SMILES string of the molecule is CCn1c(SCC(=O)Nc2cccc(C(F)(F)F)c2)nnc1C(C)Oc1cccc(Cl)c1. The van der Waals surface area contributed by atoms with Crippen LogP contribution in [0, 0.1) is 0 Å². The second-order valence-electron chi connectivity index (χ2n) is 6.72. The fourth-order valence-electron chi connectivity index (χ4n) is 2.90. The zero-order valence-corrected chi connectivity index (χ0v) is 18.8. The van der Waals surface area contributed by atoms with Crippen molar-refractivity contribution in [1.82, 2.24) is 14.8 Å². The monoisotopic (exact) mass is 484 g/mol. The third-order valence-electron chi connectivity index (χ3n) is 4.34. The Balaban J connectivity index is 1.63. The van der Waals surface area contributed by atoms with Gasteiger partial charge < -0.3 is 14.6 Å². The van der Waals surface area contributed by atoms with Gasteiger partial charge in [-0.1, -0.05) is 35.5 Å². The maximum Gasteiger partial charge on any atom is 0.416 e. The Bertz CT molecular complexity index is 1090. The summed E-state index contributed by atoms with van der Waals surface area (Å²) in [5.74, 6) is 0.668. The molecule has 1 atom stereocenters. The summed E-state index contributed by atoms with van der Waals surface area (Å²) in [7, 11) is 0. The normalized spacial score (nSPS) is 12.4. The zero-order chi connectivity index (χ0) is 23.3. The van der Waals surface area contributed by atoms with Crippen LogP contribution in [0.2, 0.25) is 5.02 Å². The third kappa shape index (κ3) is 6.17. The van der Waals surface area contributed by atoms with Crippen LogP contribution in [0.1, 0.15) is 31.3 Å². The number of amides is 1. The van der Waals surface area contributed by atoms with Crippen molar-refractivity contribution in [3.8, 4) is 5.75 Å². The second-order valence-corrected chi connectivity index (χ2v) is 8.10. The molecule has 1 N–H and O–H groups in total. The number of nitrogens with zero attached hydrogens (tertiary/aromatic N) is 3. The van der Waals surface area contributed by atoms with Crippen molar-refractivity contribution >= 4 is 35.0 Å². The standard InChI is InChI=1S/C21H20ClF3N4O2S/c1-3-29-19(13(2)31-17-9-5-7-15(22)11-17)27-28-20(29)32-12-18(30)26-16-8-4-6-14(10-16)21(23,24)25/h4-11,13H,3,12H2,1-2H3,(H,26,30). The number of halogens is 4. The molecule has 0 spiro atoms. The highest BCUT2D eigenvalue weighted by Crippen LogP contribution is 2.31. The summed E-state index contributed by atoms with van der Waals surface area (Å²) in [4.78, 5) is 12.3. The molecule has 3 rings (SSSR count). The smallest absolute Gasteiger partial charge is 0.416 e. The molecule has 2 aromatic carbocycles. The Morgan fingerprint density at radius 2 is 1.97 bits per heavy atom. The van der Waals surface area contributed by atoms with Crippen LogP contribution in [0.5, 0.6) is 5.75 Å². The highest BCUT2D eigenvalue weighted by molar-refractivity contribution is 7.99. The molecule has 1 amide bonds. The predicted octanol–water partition coefficient (Wildman–Crippen LogP) is 5.84. The summed E-state index contributed by atoms with van der Waals surface area (Å²) >= 11 is 7.12. The fraction of sp³-hybridized carbons (Fsp3) is 0.286. The number of benzene rings is 2. The minimum atomic E-state index is -4.48. The topological polar surface area (TPSA) is 69.0 Å². The van der Waals surface area contributed by atoms with Gasteiger partial charge in [0.05, 0.1) is 11.3 Å². The van der Waals surface area contributed by atoms with Crippen molar-refractivity contribution in [1.29, 1.82) is 0 Å². The van der Waals surface area contributed by atoms with Gasteiger partial charge >= 0.3 is 6.18 Å². The molecular weight excluding hydrogens is 465 g/mol. The number of anilines is 1. The van der Waals surface area contributed by atoms with Crippen LogP contribution in [-0.2, 0) is 17.5 Å². The average molecular weight is 485 g/mol. The quantitative estimate of drug-likeness (QED) is 0.407. The molecule has 11 heteroatoms. The van der Waals surface area contributed by atoms with Crippen molar-refractivity contribution in [3.63, 3.8) is 0 Å². The van der Waals surface area contributed by atoms with E-state index in [1.54, 1.807) is 24.3 Å². The number of nitrogens with one attached hydrogen (secondary N) is 1. The van der Waals surface area contributed by atoms with E-state index < -0.39 is 23.8 Å². The van der Waals surface area contributed by atoms with Gasteiger partial charge in [-0.25, -0.2) is 0 Å². The Morgan fingerprint density at radius 1 is 1.22 bits per heavy atom. The van der Waals surface area contributed by atoms with Crippen LogP contribution in [0.3, 0.4) is 0 Å². The second kappa shape index (κ2) is 10.3. The molecule has 1 heterocycles. The van der Waals surface area contributed by atoms with Gasteiger partial charge in [0.25, 0.3) is 0 Å². The molecule has 6 nitrogen and oxygen atoms in total. The summed E-state index contributed by atoms with van der Waals surface area (Å²) in [6.45, 7) is 4.28. The van der Waals surface area contributed by atoms with Crippen molar-refractivity contribution in [2.24, 2.45) is 0 Å². The van der Waals surface area contributed by atoms with Gasteiger partial charge in [0.15, 0.2) is 17.1 Å². The molecule has 0 fully saturated rings. The number of rotatable bonds is 8. The van der Waals surface area contributed by atoms with E-state index in [4.69, 9.17) is 16.3 Å². The minimum Gasteiger partial charge on any atom is -0.483 e. The van der Waals surface area contributed by atoms with Crippen molar-refractivity contribution < 1.29 is 22.7 Å². The minimum absolute atomic E-state index is 0.0437. The van der Waals surface area contributed by atoms with E-state index in [1.807, 2.05) is 18.4 Å². The number of carbonyl (C=O) groups excluding carboxylic acids is 1. The van der Waals surface area contributed by atoms with Gasteiger partial charge in [-0.15, -0.1) is 10.2 Å². The van der Waals surface area contributed by atoms with Crippen LogP contribution < -0.4 is 10.1 Å². The Morgan fingerprint density at radius 3 is 2.66 bits per heavy atom. The molecule has 0 saturated carbocycles. The van der Waals surface area contributed by atoms with E-state index in [1.165, 1.54) is 12.1 Å². The van der Waals surface area contributed by atoms with Gasteiger partial charge in [-0.2, -0.15) is 13.2 Å². The molecule has 1 unspecified atom stereocenters. The van der Waals surface area contributed by atoms with Gasteiger partial charge in [-0.3, -0.25) is 4.79 Å². The first-order valence-corrected chi connectivity index (χ1v) is 11.0. The van der Waals surface area contributed by atoms with E-state index in [2.05, 4.69) is 15.5 Å². The van der Waals surface area contributed by atoms with E-state index in [9.17, 15) is 18.0 Å². The lowest BCUT2D eigenvalue weighted by Gasteiger charge is -2.15. The molecule has 32 heavy (non-hydrogen) atoms. The maximum atomic E-state index is 12.8. The third-order valence-corrected chi connectivity index (χ3v) is 5.54. The molecule has 170 valence electrons. The number of aromatic nitrogens is 3. The number of alkyl halides is 3. The number of carbonyl (C=O) groups is 1. The largest absolute Gasteiger partial charge is 0.483 e. The lowest BCUT2D eigenvalue weighted by molar-refractivity contribution is -0.137.